The van der Waals surface area contributed by atoms with Crippen LogP contribution in [-0.4, -0.2) is 44.2 Å². The Morgan fingerprint density at radius 1 is 1.11 bits per heavy atom. The highest BCUT2D eigenvalue weighted by molar-refractivity contribution is 5.93. The molecular formula is C20H18N4O4. The van der Waals surface area contributed by atoms with Gasteiger partial charge >= 0.3 is 0 Å². The van der Waals surface area contributed by atoms with Gasteiger partial charge in [-0.15, -0.1) is 5.10 Å². The van der Waals surface area contributed by atoms with Gasteiger partial charge in [0.2, 0.25) is 0 Å². The second kappa shape index (κ2) is 6.82. The number of hydrogen-bond acceptors (Lipinski definition) is 7. The summed E-state index contributed by atoms with van der Waals surface area (Å²) >= 11 is 0. The molecular weight excluding hydrogens is 360 g/mol. The molecule has 0 atom stereocenters. The number of rotatable bonds is 4. The molecule has 2 heterocycles. The predicted octanol–water partition coefficient (Wildman–Crippen LogP) is 2.51. The van der Waals surface area contributed by atoms with Crippen LogP contribution in [0.1, 0.15) is 5.69 Å². The van der Waals surface area contributed by atoms with Gasteiger partial charge in [-0.05, 0) is 14.1 Å². The first-order valence-electron chi connectivity index (χ1n) is 8.58. The fourth-order valence-corrected chi connectivity index (χ4v) is 3.06. The zero-order valence-corrected chi connectivity index (χ0v) is 15.3. The second-order valence-corrected chi connectivity index (χ2v) is 6.70. The van der Waals surface area contributed by atoms with Crippen LogP contribution >= 0.6 is 0 Å². The van der Waals surface area contributed by atoms with Crippen LogP contribution in [0, 0.1) is 0 Å². The highest BCUT2D eigenvalue weighted by atomic mass is 16.3. The van der Waals surface area contributed by atoms with Crippen LogP contribution in [0.2, 0.25) is 0 Å². The Hall–Kier alpha value is -3.65. The van der Waals surface area contributed by atoms with E-state index in [1.165, 1.54) is 10.7 Å². The monoisotopic (exact) mass is 378 g/mol. The van der Waals surface area contributed by atoms with Gasteiger partial charge in [0.05, 0.1) is 11.9 Å². The fraction of sp³-hybridized carbons (Fsp3) is 0.150. The van der Waals surface area contributed by atoms with Crippen molar-refractivity contribution in [3.05, 3.63) is 64.6 Å². The summed E-state index contributed by atoms with van der Waals surface area (Å²) in [5, 5.41) is 28.8. The Morgan fingerprint density at radius 2 is 1.86 bits per heavy atom. The molecule has 4 aromatic rings. The molecule has 0 radical (unpaired) electrons. The number of nitrogens with zero attached hydrogens (tertiary/aromatic N) is 4. The van der Waals surface area contributed by atoms with Crippen molar-refractivity contribution in [2.75, 3.05) is 14.1 Å². The first-order valence-corrected chi connectivity index (χ1v) is 8.58. The van der Waals surface area contributed by atoms with Gasteiger partial charge in [-0.2, -0.15) is 0 Å². The quantitative estimate of drug-likeness (QED) is 0.562. The van der Waals surface area contributed by atoms with E-state index in [0.29, 0.717) is 23.6 Å². The van der Waals surface area contributed by atoms with Crippen LogP contribution in [0.5, 0.6) is 11.5 Å². The van der Waals surface area contributed by atoms with Gasteiger partial charge in [-0.3, -0.25) is 4.79 Å². The van der Waals surface area contributed by atoms with Gasteiger partial charge in [-0.1, -0.05) is 35.5 Å². The van der Waals surface area contributed by atoms with Gasteiger partial charge in [0.25, 0.3) is 0 Å². The van der Waals surface area contributed by atoms with Crippen LogP contribution in [0.3, 0.4) is 0 Å². The van der Waals surface area contributed by atoms with Crippen LogP contribution in [0.25, 0.3) is 28.0 Å². The minimum Gasteiger partial charge on any atom is -0.507 e. The predicted molar refractivity (Wildman–Crippen MR) is 104 cm³/mol. The SMILES string of the molecule is CN(C)Cc1cn(-c2c(O)cc(O)c3c(=O)cc(-c4ccccc4)oc23)nn1. The number of benzene rings is 2. The zero-order chi connectivity index (χ0) is 19.8. The topological polar surface area (TPSA) is 105 Å². The van der Waals surface area contributed by atoms with Gasteiger partial charge in [0.15, 0.2) is 16.7 Å². The molecule has 0 saturated carbocycles. The lowest BCUT2D eigenvalue weighted by molar-refractivity contribution is 0.396. The molecule has 0 spiro atoms. The van der Waals surface area contributed by atoms with Crippen molar-refractivity contribution in [1.82, 2.24) is 19.9 Å². The highest BCUT2D eigenvalue weighted by Crippen LogP contribution is 2.37. The molecule has 8 heteroatoms. The van der Waals surface area contributed by atoms with E-state index in [1.807, 2.05) is 37.2 Å². The summed E-state index contributed by atoms with van der Waals surface area (Å²) in [7, 11) is 3.80. The van der Waals surface area contributed by atoms with Crippen molar-refractivity contribution < 1.29 is 14.6 Å². The van der Waals surface area contributed by atoms with Crippen molar-refractivity contribution in [2.45, 2.75) is 6.54 Å². The number of phenols is 2. The molecule has 0 unspecified atom stereocenters. The number of aromatic nitrogens is 3. The lowest BCUT2D eigenvalue weighted by Crippen LogP contribution is -2.10. The van der Waals surface area contributed by atoms with Crippen LogP contribution in [0.4, 0.5) is 0 Å². The van der Waals surface area contributed by atoms with Crippen molar-refractivity contribution in [2.24, 2.45) is 0 Å². The minimum absolute atomic E-state index is 0.0304. The third kappa shape index (κ3) is 3.10. The lowest BCUT2D eigenvalue weighted by atomic mass is 10.1. The van der Waals surface area contributed by atoms with Crippen molar-refractivity contribution in [3.8, 4) is 28.5 Å². The summed E-state index contributed by atoms with van der Waals surface area (Å²) in [5.74, 6) is -0.323. The number of aromatic hydroxyl groups is 2. The molecule has 0 amide bonds. The summed E-state index contributed by atoms with van der Waals surface area (Å²) in [4.78, 5) is 14.6. The second-order valence-electron chi connectivity index (χ2n) is 6.70. The Kier molecular flexibility index (Phi) is 4.32. The molecule has 2 aromatic carbocycles. The number of hydrogen-bond donors (Lipinski definition) is 2. The average molecular weight is 378 g/mol. The third-order valence-corrected chi connectivity index (χ3v) is 4.24. The van der Waals surface area contributed by atoms with E-state index < -0.39 is 5.43 Å². The molecule has 142 valence electrons. The summed E-state index contributed by atoms with van der Waals surface area (Å²) < 4.78 is 7.29. The molecule has 0 aliphatic carbocycles. The Morgan fingerprint density at radius 3 is 2.57 bits per heavy atom. The van der Waals surface area contributed by atoms with Crippen molar-refractivity contribution in [3.63, 3.8) is 0 Å². The molecule has 0 fully saturated rings. The summed E-state index contributed by atoms with van der Waals surface area (Å²) in [6.07, 6.45) is 1.64. The van der Waals surface area contributed by atoms with E-state index in [-0.39, 0.29) is 28.2 Å². The normalized spacial score (nSPS) is 11.4. The Balaban J connectivity index is 1.99. The summed E-state index contributed by atoms with van der Waals surface area (Å²) in [6.45, 7) is 0.552. The first kappa shape index (κ1) is 17.7. The van der Waals surface area contributed by atoms with Crippen LogP contribution in [-0.2, 0) is 6.54 Å². The van der Waals surface area contributed by atoms with Gasteiger partial charge < -0.3 is 19.5 Å². The summed E-state index contributed by atoms with van der Waals surface area (Å²) in [5.41, 5.74) is 1.12. The zero-order valence-electron chi connectivity index (χ0n) is 15.3. The molecule has 4 rings (SSSR count). The first-order chi connectivity index (χ1) is 13.4. The number of fused-ring (bicyclic) bond motifs is 1. The molecule has 0 aliphatic rings. The Bertz CT molecular complexity index is 1210. The third-order valence-electron chi connectivity index (χ3n) is 4.24. The van der Waals surface area contributed by atoms with Gasteiger partial charge in [0.1, 0.15) is 22.6 Å². The largest absolute Gasteiger partial charge is 0.507 e. The standard InChI is InChI=1S/C20H18N4O4/c1-23(2)10-13-11-24(22-21-13)19-16(27)8-14(25)18-15(26)9-17(28-20(18)19)12-6-4-3-5-7-12/h3-9,11,25,27H,10H2,1-2H3. The maximum atomic E-state index is 12.7. The van der Waals surface area contributed by atoms with E-state index >= 15 is 0 Å². The maximum Gasteiger partial charge on any atom is 0.197 e. The van der Waals surface area contributed by atoms with Gasteiger partial charge in [-0.25, -0.2) is 4.68 Å². The molecule has 0 bridgehead atoms. The van der Waals surface area contributed by atoms with Crippen molar-refractivity contribution >= 4 is 11.0 Å². The lowest BCUT2D eigenvalue weighted by Gasteiger charge is -2.10. The highest BCUT2D eigenvalue weighted by Gasteiger charge is 2.21. The average Bonchev–Trinajstić information content (AvgIpc) is 3.09. The smallest absolute Gasteiger partial charge is 0.197 e. The molecule has 2 aromatic heterocycles. The van der Waals surface area contributed by atoms with Crippen LogP contribution < -0.4 is 5.43 Å². The maximum absolute atomic E-state index is 12.7. The summed E-state index contributed by atoms with van der Waals surface area (Å²) in [6, 6.07) is 11.5. The molecule has 28 heavy (non-hydrogen) atoms. The molecule has 2 N–H and O–H groups in total. The fourth-order valence-electron chi connectivity index (χ4n) is 3.06. The molecule has 0 saturated heterocycles. The van der Waals surface area contributed by atoms with Crippen molar-refractivity contribution in [1.29, 1.82) is 0 Å². The number of phenolic OH excluding ortho intramolecular Hbond substituents is 2. The Labute approximate surface area is 159 Å². The molecule has 0 aliphatic heterocycles. The van der Waals surface area contributed by atoms with Crippen LogP contribution in [0.15, 0.2) is 57.9 Å². The van der Waals surface area contributed by atoms with E-state index in [4.69, 9.17) is 4.42 Å². The van der Waals surface area contributed by atoms with E-state index in [0.717, 1.165) is 6.07 Å². The minimum atomic E-state index is -0.424. The van der Waals surface area contributed by atoms with Gasteiger partial charge in [0, 0.05) is 24.2 Å². The van der Waals surface area contributed by atoms with E-state index in [2.05, 4.69) is 10.3 Å². The van der Waals surface area contributed by atoms with E-state index in [9.17, 15) is 15.0 Å². The van der Waals surface area contributed by atoms with E-state index in [1.54, 1.807) is 18.3 Å². The molecule has 8 nitrogen and oxygen atoms in total.